The highest BCUT2D eigenvalue weighted by Crippen LogP contribution is 2.45. The van der Waals surface area contributed by atoms with Crippen molar-refractivity contribution in [3.63, 3.8) is 0 Å². The molecule has 31 heteroatoms. The van der Waals surface area contributed by atoms with E-state index in [0.717, 1.165) is 49.2 Å². The van der Waals surface area contributed by atoms with Gasteiger partial charge >= 0.3 is 0 Å². The summed E-state index contributed by atoms with van der Waals surface area (Å²) in [6.45, 7) is 5.05. The molecule has 10 aromatic carbocycles. The second kappa shape index (κ2) is 37.7. The van der Waals surface area contributed by atoms with Gasteiger partial charge in [-0.05, 0) is 72.8 Å². The summed E-state index contributed by atoms with van der Waals surface area (Å²) < 4.78 is 237. The summed E-state index contributed by atoms with van der Waals surface area (Å²) in [5, 5.41) is -13.9. The van der Waals surface area contributed by atoms with E-state index in [1.807, 2.05) is 146 Å². The van der Waals surface area contributed by atoms with Crippen molar-refractivity contribution in [2.45, 2.75) is 14.7 Å². The van der Waals surface area contributed by atoms with Crippen LogP contribution in [0, 0.1) is 69.8 Å². The number of hydrogen-bond donors (Lipinski definition) is 0. The lowest BCUT2D eigenvalue weighted by Gasteiger charge is -2.46. The second-order valence-corrected chi connectivity index (χ2v) is 26.3. The Morgan fingerprint density at radius 2 is 0.427 bits per heavy atom. The van der Waals surface area contributed by atoms with Crippen molar-refractivity contribution in [3.8, 4) is 34.5 Å². The Hall–Kier alpha value is -7.23. The molecule has 0 spiro atoms. The first-order valence-corrected chi connectivity index (χ1v) is 34.7. The van der Waals surface area contributed by atoms with Gasteiger partial charge in [-0.2, -0.15) is 0 Å². The minimum Gasteiger partial charge on any atom is -0.491 e. The zero-order chi connectivity index (χ0) is 74.1. The van der Waals surface area contributed by atoms with E-state index >= 15 is 35.1 Å². The number of ether oxygens (including phenoxy) is 9. The van der Waals surface area contributed by atoms with Crippen molar-refractivity contribution in [1.82, 2.24) is 0 Å². The van der Waals surface area contributed by atoms with Crippen LogP contribution in [0.5, 0.6) is 34.5 Å². The van der Waals surface area contributed by atoms with Crippen LogP contribution in [0.25, 0.3) is 0 Å². The van der Waals surface area contributed by atoms with Crippen molar-refractivity contribution in [3.05, 3.63) is 274 Å². The lowest BCUT2D eigenvalue weighted by atomic mass is 9.12. The molecule has 0 amide bonds. The molecule has 0 aliphatic carbocycles. The summed E-state index contributed by atoms with van der Waals surface area (Å²) in [6, 6.07) is 53.5. The third-order valence-electron chi connectivity index (χ3n) is 15.1. The largest absolute Gasteiger partial charge is 0.491 e. The van der Waals surface area contributed by atoms with E-state index in [-0.39, 0.29) is 0 Å². The van der Waals surface area contributed by atoms with Gasteiger partial charge in [0.25, 0.3) is 0 Å². The van der Waals surface area contributed by atoms with Gasteiger partial charge in [0.05, 0.1) is 59.7 Å². The standard InChI is InChI=1S/C48H51O9S.C24BCl8F12/c1-4-16-40(17-5-1)52-34-28-49-31-37-55-43-22-10-13-25-46(43)58(47-26-14-11-23-44(47)56-38-32-50-29-35-53-41-18-6-2-7-19-41)48-27-15-12-24-45(48)57-39-33-51-30-36-54-42-20-8-3-9-21-42;26-5-1(13(34)21(42)17(38)9(5)30)25(2-6(27)10(31)18(39)22(43)14(2)35,3-7(28)11(32)19(40)23(44)15(3)36)4-8(29)12(33)20(41)24(45)16(4)37/h1-27H,28-39H2;/q+1;-1. The molecular weight excluding hydrogens is 1560 g/mol. The Morgan fingerprint density at radius 1 is 0.223 bits per heavy atom. The lowest BCUT2D eigenvalue weighted by Crippen LogP contribution is -2.79. The molecule has 0 saturated carbocycles. The summed E-state index contributed by atoms with van der Waals surface area (Å²) in [5.74, 6) is -26.5. The average Bonchev–Trinajstić information content (AvgIpc) is 0.681. The van der Waals surface area contributed by atoms with Crippen molar-refractivity contribution >= 4 is 132 Å². The Bertz CT molecular complexity index is 3970. The summed E-state index contributed by atoms with van der Waals surface area (Å²) in [4.78, 5) is 2.97. The van der Waals surface area contributed by atoms with Crippen LogP contribution in [-0.2, 0) is 25.1 Å². The Balaban J connectivity index is 0.000000247. The number of para-hydroxylation sites is 6. The van der Waals surface area contributed by atoms with Gasteiger partial charge in [-0.15, -0.1) is 21.9 Å². The molecular formula is C72H51BCl8F12O9S. The molecule has 0 bridgehead atoms. The molecule has 0 aliphatic rings. The van der Waals surface area contributed by atoms with E-state index in [0.29, 0.717) is 79.3 Å². The lowest BCUT2D eigenvalue weighted by molar-refractivity contribution is 0.0754. The molecule has 10 rings (SSSR count). The molecule has 103 heavy (non-hydrogen) atoms. The molecule has 0 saturated heterocycles. The van der Waals surface area contributed by atoms with E-state index in [4.69, 9.17) is 135 Å². The van der Waals surface area contributed by atoms with Crippen LogP contribution >= 0.6 is 92.8 Å². The summed E-state index contributed by atoms with van der Waals surface area (Å²) >= 11 is 46.6. The topological polar surface area (TPSA) is 83.1 Å². The quantitative estimate of drug-likeness (QED) is 0.0105. The Kier molecular flexibility index (Phi) is 29.2. The van der Waals surface area contributed by atoms with E-state index in [2.05, 4.69) is 18.2 Å². The van der Waals surface area contributed by atoms with Crippen LogP contribution in [-0.4, -0.2) is 85.4 Å². The zero-order valence-electron chi connectivity index (χ0n) is 52.8. The fourth-order valence-corrected chi connectivity index (χ4v) is 15.0. The maximum absolute atomic E-state index is 16.0. The van der Waals surface area contributed by atoms with Crippen LogP contribution < -0.4 is 50.3 Å². The second-order valence-electron chi connectivity index (χ2n) is 21.3. The van der Waals surface area contributed by atoms with E-state index in [1.54, 1.807) is 0 Å². The van der Waals surface area contributed by atoms with E-state index in [9.17, 15) is 17.6 Å². The SMILES string of the molecule is Fc1c(F)c(Cl)c(Cl)c([B-](c2c(F)c(F)c(F)c(Cl)c2Cl)(c2c(F)c(F)c(F)c(Cl)c2Cl)c2c(F)c(F)c(F)c(Cl)c2Cl)c1F.c1ccc(OCCOCCOc2ccccc2[S+](c2ccccc2OCCOCCOc2ccccc2)c2ccccc2OCCOCCOc2ccccc2)cc1. The molecule has 0 atom stereocenters. The predicted molar refractivity (Wildman–Crippen MR) is 376 cm³/mol. The minimum absolute atomic E-state index is 0.368. The van der Waals surface area contributed by atoms with Gasteiger partial charge < -0.3 is 42.6 Å². The highest BCUT2D eigenvalue weighted by atomic mass is 35.5. The third-order valence-corrected chi connectivity index (χ3v) is 20.8. The summed E-state index contributed by atoms with van der Waals surface area (Å²) in [6.07, 6.45) is -5.62. The number of halogens is 20. The van der Waals surface area contributed by atoms with Crippen molar-refractivity contribution in [2.24, 2.45) is 0 Å². The van der Waals surface area contributed by atoms with Gasteiger partial charge in [0.1, 0.15) is 97.2 Å². The minimum atomic E-state index is -5.62. The average molecular weight is 1610 g/mol. The molecule has 0 unspecified atom stereocenters. The normalized spacial score (nSPS) is 11.4. The van der Waals surface area contributed by atoms with Crippen LogP contribution in [0.15, 0.2) is 178 Å². The van der Waals surface area contributed by atoms with Crippen molar-refractivity contribution < 1.29 is 95.3 Å². The number of benzene rings is 10. The van der Waals surface area contributed by atoms with E-state index in [1.165, 1.54) is 0 Å². The zero-order valence-corrected chi connectivity index (χ0v) is 59.7. The monoisotopic (exact) mass is 1610 g/mol. The highest BCUT2D eigenvalue weighted by molar-refractivity contribution is 7.97. The van der Waals surface area contributed by atoms with Crippen LogP contribution in [0.2, 0.25) is 40.2 Å². The van der Waals surface area contributed by atoms with E-state index < -0.39 is 149 Å². The summed E-state index contributed by atoms with van der Waals surface area (Å²) in [5.41, 5.74) is -8.47. The van der Waals surface area contributed by atoms with Crippen LogP contribution in [0.1, 0.15) is 0 Å². The molecule has 0 heterocycles. The first-order chi connectivity index (χ1) is 49.6. The first-order valence-electron chi connectivity index (χ1n) is 30.4. The van der Waals surface area contributed by atoms with Gasteiger partial charge in [-0.3, -0.25) is 0 Å². The fourth-order valence-electron chi connectivity index (χ4n) is 10.6. The first kappa shape index (κ1) is 79.9. The fraction of sp³-hybridized carbons (Fsp3) is 0.167. The van der Waals surface area contributed by atoms with Crippen LogP contribution in [0.3, 0.4) is 0 Å². The summed E-state index contributed by atoms with van der Waals surface area (Å²) in [7, 11) is -0.701. The Morgan fingerprint density at radius 3 is 0.660 bits per heavy atom. The highest BCUT2D eigenvalue weighted by Gasteiger charge is 2.50. The molecule has 0 fully saturated rings. The molecule has 9 nitrogen and oxygen atoms in total. The maximum Gasteiger partial charge on any atom is 0.208 e. The molecule has 542 valence electrons. The van der Waals surface area contributed by atoms with Gasteiger partial charge in [-0.25, -0.2) is 52.7 Å². The molecule has 0 aliphatic heterocycles. The van der Waals surface area contributed by atoms with Crippen molar-refractivity contribution in [2.75, 3.05) is 79.3 Å². The Labute approximate surface area is 625 Å². The third kappa shape index (κ3) is 18.2. The van der Waals surface area contributed by atoms with Crippen LogP contribution in [0.4, 0.5) is 52.7 Å². The predicted octanol–water partition coefficient (Wildman–Crippen LogP) is 19.2. The molecule has 10 aromatic rings. The number of rotatable bonds is 31. The van der Waals surface area contributed by atoms with Gasteiger partial charge in [-0.1, -0.05) is 184 Å². The van der Waals surface area contributed by atoms with Crippen molar-refractivity contribution in [1.29, 1.82) is 0 Å². The molecule has 0 radical (unpaired) electrons. The molecule has 0 N–H and O–H groups in total. The van der Waals surface area contributed by atoms with Gasteiger partial charge in [0.15, 0.2) is 63.8 Å². The number of hydrogen-bond acceptors (Lipinski definition) is 9. The maximum atomic E-state index is 16.0. The van der Waals surface area contributed by atoms with Gasteiger partial charge in [0.2, 0.25) is 14.7 Å². The smallest absolute Gasteiger partial charge is 0.208 e. The van der Waals surface area contributed by atoms with Gasteiger partial charge in [0, 0.05) is 20.1 Å². The molecule has 0 aromatic heterocycles.